The number of aryl methyl sites for hydroxylation is 1. The van der Waals surface area contributed by atoms with Crippen LogP contribution in [0.25, 0.3) is 0 Å². The van der Waals surface area contributed by atoms with Gasteiger partial charge in [0.25, 0.3) is 0 Å². The van der Waals surface area contributed by atoms with E-state index in [0.717, 1.165) is 27.6 Å². The average molecular weight is 248 g/mol. The van der Waals surface area contributed by atoms with E-state index >= 15 is 0 Å². The predicted octanol–water partition coefficient (Wildman–Crippen LogP) is 2.87. The average Bonchev–Trinajstić information content (AvgIpc) is 2.73. The third-order valence-corrected chi connectivity index (χ3v) is 3.41. The molecule has 0 radical (unpaired) electrons. The number of benzene rings is 1. The molecule has 1 aromatic heterocycles. The molecular weight excluding hydrogens is 236 g/mol. The highest BCUT2D eigenvalue weighted by Crippen LogP contribution is 2.23. The second-order valence-electron chi connectivity index (χ2n) is 3.67. The third kappa shape index (κ3) is 2.94. The van der Waals surface area contributed by atoms with Gasteiger partial charge >= 0.3 is 0 Å². The molecular formula is C12H12N2O2S. The van der Waals surface area contributed by atoms with Crippen LogP contribution in [0.2, 0.25) is 0 Å². The van der Waals surface area contributed by atoms with Gasteiger partial charge in [-0.3, -0.25) is 4.79 Å². The Morgan fingerprint density at radius 1 is 1.29 bits per heavy atom. The second kappa shape index (κ2) is 5.14. The third-order valence-electron chi connectivity index (χ3n) is 2.38. The Kier molecular flexibility index (Phi) is 3.58. The first-order valence-electron chi connectivity index (χ1n) is 5.18. The van der Waals surface area contributed by atoms with Crippen molar-refractivity contribution in [1.82, 2.24) is 10.3 Å². The van der Waals surface area contributed by atoms with Gasteiger partial charge in [0.05, 0.1) is 0 Å². The predicted molar refractivity (Wildman–Crippen MR) is 65.0 cm³/mol. The van der Waals surface area contributed by atoms with E-state index in [0.29, 0.717) is 0 Å². The van der Waals surface area contributed by atoms with Gasteiger partial charge in [-0.05, 0) is 26.0 Å². The minimum atomic E-state index is 0.0816. The van der Waals surface area contributed by atoms with Crippen LogP contribution in [0.4, 0.5) is 0 Å². The summed E-state index contributed by atoms with van der Waals surface area (Å²) in [7, 11) is 0. The van der Waals surface area contributed by atoms with E-state index in [2.05, 4.69) is 14.9 Å². The lowest BCUT2D eigenvalue weighted by molar-refractivity contribution is 0.101. The summed E-state index contributed by atoms with van der Waals surface area (Å²) in [6, 6.07) is 7.53. The summed E-state index contributed by atoms with van der Waals surface area (Å²) in [6.45, 7) is 3.43. The molecule has 2 aromatic rings. The summed E-state index contributed by atoms with van der Waals surface area (Å²) in [5.74, 6) is 0.799. The van der Waals surface area contributed by atoms with E-state index < -0.39 is 0 Å². The first-order valence-corrected chi connectivity index (χ1v) is 6.17. The Hall–Kier alpha value is -1.62. The van der Waals surface area contributed by atoms with Crippen molar-refractivity contribution >= 4 is 17.5 Å². The van der Waals surface area contributed by atoms with Gasteiger partial charge < -0.3 is 0 Å². The highest BCUT2D eigenvalue weighted by Gasteiger charge is 2.06. The van der Waals surface area contributed by atoms with E-state index in [1.165, 1.54) is 0 Å². The maximum absolute atomic E-state index is 11.1. The number of rotatable bonds is 4. The summed E-state index contributed by atoms with van der Waals surface area (Å²) in [6.07, 6.45) is 0. The molecule has 0 aliphatic heterocycles. The summed E-state index contributed by atoms with van der Waals surface area (Å²) < 4.78 is 4.63. The summed E-state index contributed by atoms with van der Waals surface area (Å²) in [5.41, 5.74) is 2.40. The van der Waals surface area contributed by atoms with Gasteiger partial charge in [0.2, 0.25) is 0 Å². The van der Waals surface area contributed by atoms with Crippen molar-refractivity contribution in [2.24, 2.45) is 0 Å². The lowest BCUT2D eigenvalue weighted by Crippen LogP contribution is -1.90. The standard InChI is InChI=1S/C12H12N2O2S/c1-8-12(14-16-13-8)7-17-11-5-3-10(4-6-11)9(2)15/h3-6H,7H2,1-2H3. The van der Waals surface area contributed by atoms with Crippen LogP contribution in [-0.2, 0) is 5.75 Å². The van der Waals surface area contributed by atoms with Gasteiger partial charge in [-0.1, -0.05) is 22.4 Å². The summed E-state index contributed by atoms with van der Waals surface area (Å²) in [5, 5.41) is 7.54. The zero-order chi connectivity index (χ0) is 12.3. The number of hydrogen-bond acceptors (Lipinski definition) is 5. The van der Waals surface area contributed by atoms with Crippen molar-refractivity contribution < 1.29 is 9.42 Å². The van der Waals surface area contributed by atoms with E-state index in [4.69, 9.17) is 0 Å². The number of thioether (sulfide) groups is 1. The summed E-state index contributed by atoms with van der Waals surface area (Å²) >= 11 is 1.64. The molecule has 17 heavy (non-hydrogen) atoms. The van der Waals surface area contributed by atoms with Gasteiger partial charge in [0, 0.05) is 16.2 Å². The number of carbonyl (C=O) groups excluding carboxylic acids is 1. The molecule has 0 atom stereocenters. The topological polar surface area (TPSA) is 56.0 Å². The number of carbonyl (C=O) groups is 1. The van der Waals surface area contributed by atoms with E-state index in [1.54, 1.807) is 18.7 Å². The molecule has 2 rings (SSSR count). The first-order chi connectivity index (χ1) is 8.16. The number of aromatic nitrogens is 2. The molecule has 0 saturated heterocycles. The zero-order valence-electron chi connectivity index (χ0n) is 9.64. The Morgan fingerprint density at radius 2 is 2.00 bits per heavy atom. The lowest BCUT2D eigenvalue weighted by Gasteiger charge is -2.00. The minimum absolute atomic E-state index is 0.0816. The molecule has 0 aliphatic rings. The Morgan fingerprint density at radius 3 is 2.53 bits per heavy atom. The van der Waals surface area contributed by atoms with Crippen molar-refractivity contribution in [2.45, 2.75) is 24.5 Å². The number of hydrogen-bond donors (Lipinski definition) is 0. The quantitative estimate of drug-likeness (QED) is 0.615. The van der Waals surface area contributed by atoms with Crippen LogP contribution >= 0.6 is 11.8 Å². The molecule has 0 amide bonds. The van der Waals surface area contributed by atoms with Gasteiger partial charge in [-0.15, -0.1) is 11.8 Å². The SMILES string of the molecule is CC(=O)c1ccc(SCc2nonc2C)cc1. The molecule has 0 spiro atoms. The van der Waals surface area contributed by atoms with Crippen LogP contribution < -0.4 is 0 Å². The largest absolute Gasteiger partial charge is 0.295 e. The Balaban J connectivity index is 2.00. The smallest absolute Gasteiger partial charge is 0.159 e. The van der Waals surface area contributed by atoms with E-state index in [1.807, 2.05) is 31.2 Å². The van der Waals surface area contributed by atoms with Gasteiger partial charge in [-0.25, -0.2) is 4.63 Å². The van der Waals surface area contributed by atoms with Gasteiger partial charge in [0.15, 0.2) is 5.78 Å². The highest BCUT2D eigenvalue weighted by molar-refractivity contribution is 7.98. The normalized spacial score (nSPS) is 10.5. The van der Waals surface area contributed by atoms with Crippen molar-refractivity contribution in [2.75, 3.05) is 0 Å². The van der Waals surface area contributed by atoms with Crippen molar-refractivity contribution in [1.29, 1.82) is 0 Å². The minimum Gasteiger partial charge on any atom is -0.295 e. The number of Topliss-reactive ketones (excluding diaryl/α,β-unsaturated/α-hetero) is 1. The molecule has 88 valence electrons. The lowest BCUT2D eigenvalue weighted by atomic mass is 10.2. The zero-order valence-corrected chi connectivity index (χ0v) is 10.5. The molecule has 0 aliphatic carbocycles. The van der Waals surface area contributed by atoms with Crippen LogP contribution in [0.1, 0.15) is 28.7 Å². The molecule has 5 heteroatoms. The van der Waals surface area contributed by atoms with Gasteiger partial charge in [0.1, 0.15) is 11.4 Å². The van der Waals surface area contributed by atoms with Crippen LogP contribution in [-0.4, -0.2) is 16.1 Å². The van der Waals surface area contributed by atoms with Crippen LogP contribution in [0.3, 0.4) is 0 Å². The molecule has 0 unspecified atom stereocenters. The molecule has 0 N–H and O–H groups in total. The monoisotopic (exact) mass is 248 g/mol. The molecule has 0 bridgehead atoms. The van der Waals surface area contributed by atoms with Gasteiger partial charge in [-0.2, -0.15) is 0 Å². The Bertz CT molecular complexity index is 520. The van der Waals surface area contributed by atoms with Crippen LogP contribution in [0, 0.1) is 6.92 Å². The molecule has 4 nitrogen and oxygen atoms in total. The van der Waals surface area contributed by atoms with E-state index in [-0.39, 0.29) is 5.78 Å². The second-order valence-corrected chi connectivity index (χ2v) is 4.71. The number of nitrogens with zero attached hydrogens (tertiary/aromatic N) is 2. The first kappa shape index (κ1) is 11.9. The van der Waals surface area contributed by atoms with Crippen molar-refractivity contribution in [3.8, 4) is 0 Å². The fourth-order valence-electron chi connectivity index (χ4n) is 1.32. The molecule has 1 aromatic carbocycles. The molecule has 0 saturated carbocycles. The maximum Gasteiger partial charge on any atom is 0.159 e. The fourth-order valence-corrected chi connectivity index (χ4v) is 2.21. The van der Waals surface area contributed by atoms with Crippen molar-refractivity contribution in [3.05, 3.63) is 41.2 Å². The van der Waals surface area contributed by atoms with Crippen LogP contribution in [0.5, 0.6) is 0 Å². The van der Waals surface area contributed by atoms with E-state index in [9.17, 15) is 4.79 Å². The highest BCUT2D eigenvalue weighted by atomic mass is 32.2. The molecule has 1 heterocycles. The summed E-state index contributed by atoms with van der Waals surface area (Å²) in [4.78, 5) is 12.2. The van der Waals surface area contributed by atoms with Crippen molar-refractivity contribution in [3.63, 3.8) is 0 Å². The fraction of sp³-hybridized carbons (Fsp3) is 0.250. The molecule has 0 fully saturated rings. The maximum atomic E-state index is 11.1. The number of ketones is 1. The Labute approximate surface area is 103 Å². The van der Waals surface area contributed by atoms with Crippen LogP contribution in [0.15, 0.2) is 33.8 Å².